The molecule has 0 aliphatic heterocycles. The maximum atomic E-state index is 13.1. The molecule has 0 aromatic heterocycles. The smallest absolute Gasteiger partial charge is 0.331 e. The largest absolute Gasteiger partial charge is 0.467 e. The summed E-state index contributed by atoms with van der Waals surface area (Å²) in [6, 6.07) is -0.985. The number of hydrogen-bond acceptors (Lipinski definition) is 4. The second-order valence-corrected chi connectivity index (χ2v) is 9.13. The van der Waals surface area contributed by atoms with E-state index in [1.807, 2.05) is 0 Å². The van der Waals surface area contributed by atoms with E-state index in [1.54, 1.807) is 0 Å². The number of carbonyl (C=O) groups excluding carboxylic acids is 2. The van der Waals surface area contributed by atoms with Gasteiger partial charge in [0.05, 0.1) is 18.6 Å². The van der Waals surface area contributed by atoms with E-state index in [0.29, 0.717) is 5.92 Å². The number of methoxy groups -OCH3 is 1. The third-order valence-corrected chi connectivity index (χ3v) is 6.33. The Balaban J connectivity index is 1.83. The molecule has 4 saturated carbocycles. The first-order chi connectivity index (χ1) is 10.6. The van der Waals surface area contributed by atoms with Crippen LogP contribution in [0.4, 0.5) is 0 Å². The van der Waals surface area contributed by atoms with E-state index in [4.69, 9.17) is 4.74 Å². The highest BCUT2D eigenvalue weighted by atomic mass is 16.5. The molecule has 4 aliphatic rings. The fourth-order valence-electron chi connectivity index (χ4n) is 6.50. The number of amides is 1. The summed E-state index contributed by atoms with van der Waals surface area (Å²) in [6.07, 6.45) is 5.37. The molecule has 4 bridgehead atoms. The van der Waals surface area contributed by atoms with Crippen molar-refractivity contribution in [2.24, 2.45) is 22.2 Å². The van der Waals surface area contributed by atoms with Crippen molar-refractivity contribution in [3.8, 4) is 0 Å². The minimum atomic E-state index is -0.985. The molecule has 1 amide bonds. The van der Waals surface area contributed by atoms with E-state index in [9.17, 15) is 14.7 Å². The Morgan fingerprint density at radius 3 is 2.13 bits per heavy atom. The van der Waals surface area contributed by atoms with Gasteiger partial charge in [-0.1, -0.05) is 13.8 Å². The second-order valence-electron chi connectivity index (χ2n) is 9.13. The van der Waals surface area contributed by atoms with Gasteiger partial charge in [0.15, 0.2) is 6.04 Å². The zero-order valence-corrected chi connectivity index (χ0v) is 14.6. The molecule has 4 atom stereocenters. The van der Waals surface area contributed by atoms with E-state index >= 15 is 0 Å². The van der Waals surface area contributed by atoms with Gasteiger partial charge in [-0.2, -0.15) is 0 Å². The number of nitrogens with one attached hydrogen (secondary N) is 1. The van der Waals surface area contributed by atoms with Crippen molar-refractivity contribution in [1.82, 2.24) is 5.32 Å². The summed E-state index contributed by atoms with van der Waals surface area (Å²) in [5, 5.41) is 12.6. The average Bonchev–Trinajstić information content (AvgIpc) is 2.39. The Morgan fingerprint density at radius 1 is 1.13 bits per heavy atom. The van der Waals surface area contributed by atoms with Crippen molar-refractivity contribution in [2.45, 2.75) is 71.4 Å². The summed E-state index contributed by atoms with van der Waals surface area (Å²) in [7, 11) is 1.27. The third kappa shape index (κ3) is 2.77. The number of carbonyl (C=O) groups is 2. The lowest BCUT2D eigenvalue weighted by atomic mass is 9.40. The number of aliphatic hydroxyl groups is 1. The quantitative estimate of drug-likeness (QED) is 0.776. The molecule has 4 aliphatic carbocycles. The number of aliphatic hydroxyl groups excluding tert-OH is 1. The topological polar surface area (TPSA) is 75.6 Å². The highest BCUT2D eigenvalue weighted by molar-refractivity contribution is 5.88. The Labute approximate surface area is 138 Å². The summed E-state index contributed by atoms with van der Waals surface area (Å²) < 4.78 is 4.72. The molecule has 0 aromatic carbocycles. The number of esters is 1. The first-order valence-electron chi connectivity index (χ1n) is 8.67. The molecule has 0 spiro atoms. The molecule has 0 heterocycles. The highest BCUT2D eigenvalue weighted by Crippen LogP contribution is 2.69. The second kappa shape index (κ2) is 5.20. The van der Waals surface area contributed by atoms with Gasteiger partial charge in [0.1, 0.15) is 0 Å². The van der Waals surface area contributed by atoms with Gasteiger partial charge in [-0.25, -0.2) is 4.79 Å². The van der Waals surface area contributed by atoms with Crippen LogP contribution in [0.3, 0.4) is 0 Å². The molecule has 0 saturated heterocycles. The molecule has 0 radical (unpaired) electrons. The van der Waals surface area contributed by atoms with E-state index < -0.39 is 18.1 Å². The normalized spacial score (nSPS) is 43.8. The van der Waals surface area contributed by atoms with Gasteiger partial charge in [0.2, 0.25) is 5.91 Å². The Bertz CT molecular complexity index is 511. The Kier molecular flexibility index (Phi) is 3.79. The van der Waals surface area contributed by atoms with Gasteiger partial charge in [-0.3, -0.25) is 4.79 Å². The predicted molar refractivity (Wildman–Crippen MR) is 85.5 cm³/mol. The predicted octanol–water partition coefficient (Wildman–Crippen LogP) is 2.02. The zero-order valence-electron chi connectivity index (χ0n) is 14.6. The Morgan fingerprint density at radius 2 is 1.70 bits per heavy atom. The van der Waals surface area contributed by atoms with Gasteiger partial charge >= 0.3 is 5.97 Å². The van der Waals surface area contributed by atoms with Crippen molar-refractivity contribution in [3.05, 3.63) is 0 Å². The number of rotatable bonds is 4. The fourth-order valence-corrected chi connectivity index (χ4v) is 6.50. The van der Waals surface area contributed by atoms with Crippen LogP contribution in [0.1, 0.15) is 59.3 Å². The van der Waals surface area contributed by atoms with Crippen LogP contribution in [0.2, 0.25) is 0 Å². The fraction of sp³-hybridized carbons (Fsp3) is 0.889. The lowest BCUT2D eigenvalue weighted by Gasteiger charge is -2.64. The lowest BCUT2D eigenvalue weighted by Crippen LogP contribution is -2.62. The summed E-state index contributed by atoms with van der Waals surface area (Å²) >= 11 is 0. The molecule has 5 nitrogen and oxygen atoms in total. The van der Waals surface area contributed by atoms with Crippen molar-refractivity contribution < 1.29 is 19.4 Å². The maximum Gasteiger partial charge on any atom is 0.331 e. The molecule has 2 N–H and O–H groups in total. The van der Waals surface area contributed by atoms with Crippen LogP contribution in [0.25, 0.3) is 0 Å². The third-order valence-electron chi connectivity index (χ3n) is 6.33. The molecule has 23 heavy (non-hydrogen) atoms. The first-order valence-corrected chi connectivity index (χ1v) is 8.67. The minimum Gasteiger partial charge on any atom is -0.467 e. The molecule has 0 unspecified atom stereocenters. The summed E-state index contributed by atoms with van der Waals surface area (Å²) in [4.78, 5) is 24.9. The van der Waals surface area contributed by atoms with E-state index in [-0.39, 0.29) is 22.2 Å². The number of hydrogen-bond donors (Lipinski definition) is 2. The highest BCUT2D eigenvalue weighted by Gasteiger charge is 2.62. The SMILES string of the molecule is COC(=O)[C@@H](NC(=O)C12CC3C[C@](C)(C1)C[C@](C)(C3)C2)[C@@H](C)O. The van der Waals surface area contributed by atoms with Crippen LogP contribution in [0.5, 0.6) is 0 Å². The van der Waals surface area contributed by atoms with E-state index in [0.717, 1.165) is 19.3 Å². The monoisotopic (exact) mass is 323 g/mol. The van der Waals surface area contributed by atoms with Crippen LogP contribution >= 0.6 is 0 Å². The van der Waals surface area contributed by atoms with Gasteiger partial charge in [-0.05, 0) is 62.2 Å². The minimum absolute atomic E-state index is 0.0737. The van der Waals surface area contributed by atoms with Crippen LogP contribution in [0.15, 0.2) is 0 Å². The van der Waals surface area contributed by atoms with E-state index in [2.05, 4.69) is 19.2 Å². The molecule has 4 fully saturated rings. The lowest BCUT2D eigenvalue weighted by molar-refractivity contribution is -0.173. The van der Waals surface area contributed by atoms with Gasteiger partial charge in [0, 0.05) is 0 Å². The van der Waals surface area contributed by atoms with Crippen LogP contribution in [0, 0.1) is 22.2 Å². The van der Waals surface area contributed by atoms with Gasteiger partial charge in [0.25, 0.3) is 0 Å². The van der Waals surface area contributed by atoms with Crippen LogP contribution in [-0.4, -0.2) is 36.2 Å². The number of ether oxygens (including phenoxy) is 1. The Hall–Kier alpha value is -1.10. The summed E-state index contributed by atoms with van der Waals surface area (Å²) in [5.41, 5.74) is 0.0816. The van der Waals surface area contributed by atoms with Crippen LogP contribution < -0.4 is 5.32 Å². The molecule has 130 valence electrons. The maximum absolute atomic E-state index is 13.1. The molecular formula is C18H29NO4. The molecule has 5 heteroatoms. The first kappa shape index (κ1) is 16.7. The van der Waals surface area contributed by atoms with E-state index in [1.165, 1.54) is 33.3 Å². The van der Waals surface area contributed by atoms with Crippen molar-refractivity contribution in [1.29, 1.82) is 0 Å². The van der Waals surface area contributed by atoms with Crippen LogP contribution in [-0.2, 0) is 14.3 Å². The standard InChI is InChI=1S/C18H29NO4/c1-11(20)13(14(21)23-4)19-15(22)18-7-12-5-16(2,9-18)8-17(3,6-12)10-18/h11-13,20H,5-10H2,1-4H3,(H,19,22)/t11-,12?,13+,16+,17+,18?/m1/s1. The van der Waals surface area contributed by atoms with Crippen molar-refractivity contribution in [3.63, 3.8) is 0 Å². The van der Waals surface area contributed by atoms with Crippen molar-refractivity contribution >= 4 is 11.9 Å². The van der Waals surface area contributed by atoms with Crippen molar-refractivity contribution in [2.75, 3.05) is 7.11 Å². The molecule has 4 rings (SSSR count). The summed E-state index contributed by atoms with van der Waals surface area (Å²) in [6.45, 7) is 6.12. The average molecular weight is 323 g/mol. The molecule has 0 aromatic rings. The molecular weight excluding hydrogens is 294 g/mol. The summed E-state index contributed by atoms with van der Waals surface area (Å²) in [5.74, 6) is -0.0546. The van der Waals surface area contributed by atoms with Gasteiger partial charge in [-0.15, -0.1) is 0 Å². The van der Waals surface area contributed by atoms with Gasteiger partial charge < -0.3 is 15.2 Å². The zero-order chi connectivity index (χ0) is 17.0.